The lowest BCUT2D eigenvalue weighted by molar-refractivity contribution is 0.199. The van der Waals surface area contributed by atoms with E-state index in [1.807, 2.05) is 11.8 Å². The largest absolute Gasteiger partial charge is 0.383 e. The molecule has 0 saturated heterocycles. The lowest BCUT2D eigenvalue weighted by Gasteiger charge is -2.03. The van der Waals surface area contributed by atoms with Crippen molar-refractivity contribution >= 4 is 11.8 Å². The van der Waals surface area contributed by atoms with Gasteiger partial charge in [0.05, 0.1) is 6.61 Å². The summed E-state index contributed by atoms with van der Waals surface area (Å²) in [4.78, 5) is 1.36. The Labute approximate surface area is 96.4 Å². The standard InChI is InChI=1S/C12H19NOS/c1-14-10-9-13-8-5-11-15-12-6-3-2-4-7-12/h2-4,6-7,13H,5,8-11H2,1H3. The Morgan fingerprint density at radius 1 is 1.20 bits per heavy atom. The normalized spacial score (nSPS) is 10.5. The fraction of sp³-hybridized carbons (Fsp3) is 0.500. The third-order valence-electron chi connectivity index (χ3n) is 1.99. The molecular weight excluding hydrogens is 206 g/mol. The van der Waals surface area contributed by atoms with Gasteiger partial charge in [-0.3, -0.25) is 0 Å². The van der Waals surface area contributed by atoms with Crippen molar-refractivity contribution < 1.29 is 4.74 Å². The molecule has 0 atom stereocenters. The Hall–Kier alpha value is -0.510. The molecule has 3 heteroatoms. The molecule has 2 nitrogen and oxygen atoms in total. The van der Waals surface area contributed by atoms with Crippen LogP contribution in [0, 0.1) is 0 Å². The Morgan fingerprint density at radius 2 is 2.00 bits per heavy atom. The van der Waals surface area contributed by atoms with E-state index in [-0.39, 0.29) is 0 Å². The molecule has 1 aromatic rings. The maximum absolute atomic E-state index is 4.95. The third kappa shape index (κ3) is 6.55. The van der Waals surface area contributed by atoms with Gasteiger partial charge in [0.2, 0.25) is 0 Å². The molecule has 0 aliphatic heterocycles. The molecule has 0 radical (unpaired) electrons. The number of nitrogens with one attached hydrogen (secondary N) is 1. The van der Waals surface area contributed by atoms with E-state index >= 15 is 0 Å². The zero-order valence-corrected chi connectivity index (χ0v) is 10.1. The molecule has 0 bridgehead atoms. The first-order valence-corrected chi connectivity index (χ1v) is 6.29. The van der Waals surface area contributed by atoms with Crippen LogP contribution in [0.5, 0.6) is 0 Å². The molecule has 1 rings (SSSR count). The first-order chi connectivity index (χ1) is 7.43. The van der Waals surface area contributed by atoms with Crippen molar-refractivity contribution in [2.24, 2.45) is 0 Å². The highest BCUT2D eigenvalue weighted by Gasteiger charge is 1.92. The summed E-state index contributed by atoms with van der Waals surface area (Å²) in [5, 5.41) is 3.33. The van der Waals surface area contributed by atoms with Crippen LogP contribution in [0.15, 0.2) is 35.2 Å². The molecule has 0 heterocycles. The third-order valence-corrected chi connectivity index (χ3v) is 3.09. The van der Waals surface area contributed by atoms with E-state index in [1.54, 1.807) is 7.11 Å². The molecule has 84 valence electrons. The van der Waals surface area contributed by atoms with Crippen molar-refractivity contribution in [2.75, 3.05) is 32.6 Å². The number of methoxy groups -OCH3 is 1. The molecule has 0 spiro atoms. The van der Waals surface area contributed by atoms with E-state index in [0.29, 0.717) is 0 Å². The lowest BCUT2D eigenvalue weighted by atomic mass is 10.4. The van der Waals surface area contributed by atoms with Gasteiger partial charge in [-0.25, -0.2) is 0 Å². The molecular formula is C12H19NOS. The van der Waals surface area contributed by atoms with Crippen molar-refractivity contribution in [2.45, 2.75) is 11.3 Å². The van der Waals surface area contributed by atoms with Crippen LogP contribution in [0.2, 0.25) is 0 Å². The monoisotopic (exact) mass is 225 g/mol. The van der Waals surface area contributed by atoms with Gasteiger partial charge >= 0.3 is 0 Å². The van der Waals surface area contributed by atoms with Crippen LogP contribution in [0.4, 0.5) is 0 Å². The number of rotatable bonds is 8. The minimum absolute atomic E-state index is 0.797. The summed E-state index contributed by atoms with van der Waals surface area (Å²) in [6.45, 7) is 2.82. The highest BCUT2D eigenvalue weighted by atomic mass is 32.2. The van der Waals surface area contributed by atoms with E-state index in [0.717, 1.165) is 19.7 Å². The van der Waals surface area contributed by atoms with Crippen molar-refractivity contribution in [3.63, 3.8) is 0 Å². The van der Waals surface area contributed by atoms with E-state index in [9.17, 15) is 0 Å². The molecule has 0 fully saturated rings. The predicted octanol–water partition coefficient (Wildman–Crippen LogP) is 2.40. The van der Waals surface area contributed by atoms with Gasteiger partial charge in [-0.05, 0) is 30.9 Å². The van der Waals surface area contributed by atoms with E-state index in [1.165, 1.54) is 17.1 Å². The molecule has 0 aliphatic carbocycles. The van der Waals surface area contributed by atoms with Crippen molar-refractivity contribution in [1.29, 1.82) is 0 Å². The zero-order valence-electron chi connectivity index (χ0n) is 9.24. The summed E-state index contributed by atoms with van der Waals surface area (Å²) >= 11 is 1.91. The van der Waals surface area contributed by atoms with E-state index in [2.05, 4.69) is 35.6 Å². The average molecular weight is 225 g/mol. The van der Waals surface area contributed by atoms with E-state index < -0.39 is 0 Å². The molecule has 1 aromatic carbocycles. The average Bonchev–Trinajstić information content (AvgIpc) is 2.29. The van der Waals surface area contributed by atoms with Crippen LogP contribution in [0.1, 0.15) is 6.42 Å². The molecule has 0 amide bonds. The topological polar surface area (TPSA) is 21.3 Å². The quantitative estimate of drug-likeness (QED) is 0.542. The first kappa shape index (κ1) is 12.6. The van der Waals surface area contributed by atoms with E-state index in [4.69, 9.17) is 4.74 Å². The fourth-order valence-corrected chi connectivity index (χ4v) is 2.08. The minimum atomic E-state index is 0.797. The Morgan fingerprint density at radius 3 is 2.73 bits per heavy atom. The second-order valence-corrected chi connectivity index (χ2v) is 4.43. The van der Waals surface area contributed by atoms with Crippen LogP contribution < -0.4 is 5.32 Å². The van der Waals surface area contributed by atoms with Crippen molar-refractivity contribution in [3.8, 4) is 0 Å². The second kappa shape index (κ2) is 8.77. The smallest absolute Gasteiger partial charge is 0.0587 e. The minimum Gasteiger partial charge on any atom is -0.383 e. The second-order valence-electron chi connectivity index (χ2n) is 3.26. The van der Waals surface area contributed by atoms with Gasteiger partial charge < -0.3 is 10.1 Å². The summed E-state index contributed by atoms with van der Waals surface area (Å²) in [6.07, 6.45) is 1.20. The zero-order chi connectivity index (χ0) is 10.8. The van der Waals surface area contributed by atoms with Crippen LogP contribution in [0.25, 0.3) is 0 Å². The van der Waals surface area contributed by atoms with Crippen LogP contribution in [-0.2, 0) is 4.74 Å². The molecule has 1 N–H and O–H groups in total. The summed E-state index contributed by atoms with van der Waals surface area (Å²) in [6, 6.07) is 10.5. The molecule has 0 saturated carbocycles. The van der Waals surface area contributed by atoms with Gasteiger partial charge in [-0.15, -0.1) is 11.8 Å². The van der Waals surface area contributed by atoms with Crippen molar-refractivity contribution in [3.05, 3.63) is 30.3 Å². The Bertz CT molecular complexity index is 241. The molecule has 0 aromatic heterocycles. The summed E-state index contributed by atoms with van der Waals surface area (Å²) < 4.78 is 4.95. The maximum Gasteiger partial charge on any atom is 0.0587 e. The number of hydrogen-bond donors (Lipinski definition) is 1. The number of hydrogen-bond acceptors (Lipinski definition) is 3. The SMILES string of the molecule is COCCNCCCSc1ccccc1. The highest BCUT2D eigenvalue weighted by Crippen LogP contribution is 2.17. The van der Waals surface area contributed by atoms with Crippen LogP contribution >= 0.6 is 11.8 Å². The summed E-state index contributed by atoms with van der Waals surface area (Å²) in [7, 11) is 1.73. The Kier molecular flexibility index (Phi) is 7.34. The first-order valence-electron chi connectivity index (χ1n) is 5.31. The molecule has 0 unspecified atom stereocenters. The van der Waals surface area contributed by atoms with Gasteiger partial charge in [0.15, 0.2) is 0 Å². The summed E-state index contributed by atoms with van der Waals surface area (Å²) in [5.41, 5.74) is 0. The number of ether oxygens (including phenoxy) is 1. The van der Waals surface area contributed by atoms with Crippen LogP contribution in [0.3, 0.4) is 0 Å². The van der Waals surface area contributed by atoms with Gasteiger partial charge in [0.25, 0.3) is 0 Å². The number of benzene rings is 1. The highest BCUT2D eigenvalue weighted by molar-refractivity contribution is 7.99. The Balaban J connectivity index is 1.93. The van der Waals surface area contributed by atoms with Gasteiger partial charge in [-0.1, -0.05) is 18.2 Å². The molecule has 15 heavy (non-hydrogen) atoms. The van der Waals surface area contributed by atoms with Crippen molar-refractivity contribution in [1.82, 2.24) is 5.32 Å². The van der Waals surface area contributed by atoms with Gasteiger partial charge in [-0.2, -0.15) is 0 Å². The summed E-state index contributed by atoms with van der Waals surface area (Å²) in [5.74, 6) is 1.17. The fourth-order valence-electron chi connectivity index (χ4n) is 1.20. The maximum atomic E-state index is 4.95. The lowest BCUT2D eigenvalue weighted by Crippen LogP contribution is -2.20. The van der Waals surface area contributed by atoms with Gasteiger partial charge in [0, 0.05) is 18.6 Å². The van der Waals surface area contributed by atoms with Crippen LogP contribution in [-0.4, -0.2) is 32.6 Å². The molecule has 0 aliphatic rings. The van der Waals surface area contributed by atoms with Gasteiger partial charge in [0.1, 0.15) is 0 Å². The predicted molar refractivity (Wildman–Crippen MR) is 66.5 cm³/mol. The number of thioether (sulfide) groups is 1.